The molecule has 10 heteroatoms. The van der Waals surface area contributed by atoms with Crippen molar-refractivity contribution < 1.29 is 26.4 Å². The Bertz CT molecular complexity index is 1230. The fourth-order valence-corrected chi connectivity index (χ4v) is 5.69. The van der Waals surface area contributed by atoms with E-state index in [-0.39, 0.29) is 20.9 Å². The first-order valence-electron chi connectivity index (χ1n) is 9.17. The number of amides is 2. The zero-order valence-electron chi connectivity index (χ0n) is 16.9. The molecule has 30 heavy (non-hydrogen) atoms. The van der Waals surface area contributed by atoms with Gasteiger partial charge in [0.15, 0.2) is 9.84 Å². The van der Waals surface area contributed by atoms with E-state index in [1.54, 1.807) is 32.9 Å². The second-order valence-corrected chi connectivity index (χ2v) is 11.2. The van der Waals surface area contributed by atoms with Crippen LogP contribution in [0.25, 0.3) is 0 Å². The van der Waals surface area contributed by atoms with Gasteiger partial charge in [-0.25, -0.2) is 21.1 Å². The molecule has 0 saturated heterocycles. The molecule has 1 atom stereocenters. The van der Waals surface area contributed by atoms with E-state index in [0.717, 1.165) is 10.6 Å². The molecular formula is C20H22N2O6S2. The van der Waals surface area contributed by atoms with Gasteiger partial charge in [0.05, 0.1) is 16.5 Å². The molecule has 0 fully saturated rings. The lowest BCUT2D eigenvalue weighted by Gasteiger charge is -2.18. The molecule has 0 bridgehead atoms. The van der Waals surface area contributed by atoms with Gasteiger partial charge in [-0.3, -0.25) is 9.59 Å². The lowest BCUT2D eigenvalue weighted by molar-refractivity contribution is 0.0845. The highest BCUT2D eigenvalue weighted by Crippen LogP contribution is 2.32. The van der Waals surface area contributed by atoms with Crippen molar-refractivity contribution in [3.8, 4) is 0 Å². The second kappa shape index (κ2) is 7.51. The molecule has 1 aliphatic heterocycles. The van der Waals surface area contributed by atoms with Gasteiger partial charge in [-0.1, -0.05) is 12.1 Å². The van der Waals surface area contributed by atoms with E-state index in [0.29, 0.717) is 5.56 Å². The predicted molar refractivity (Wildman–Crippen MR) is 110 cm³/mol. The summed E-state index contributed by atoms with van der Waals surface area (Å²) in [5, 5.41) is 2.75. The van der Waals surface area contributed by atoms with Gasteiger partial charge in [0.25, 0.3) is 21.8 Å². The minimum Gasteiger partial charge on any atom is -0.346 e. The van der Waals surface area contributed by atoms with E-state index in [9.17, 15) is 26.4 Å². The van der Waals surface area contributed by atoms with E-state index < -0.39 is 43.8 Å². The molecule has 160 valence electrons. The number of sulfone groups is 1. The molecule has 3 rings (SSSR count). The van der Waals surface area contributed by atoms with Crippen LogP contribution in [0, 0.1) is 0 Å². The van der Waals surface area contributed by atoms with Crippen molar-refractivity contribution in [2.45, 2.75) is 42.6 Å². The third kappa shape index (κ3) is 3.84. The molecule has 2 aromatic carbocycles. The summed E-state index contributed by atoms with van der Waals surface area (Å²) in [5.74, 6) is -1.12. The number of hydrogen-bond donors (Lipinski definition) is 1. The van der Waals surface area contributed by atoms with Gasteiger partial charge in [0.2, 0.25) is 0 Å². The summed E-state index contributed by atoms with van der Waals surface area (Å²) in [6, 6.07) is 9.10. The average Bonchev–Trinajstić information content (AvgIpc) is 2.86. The molecule has 1 heterocycles. The van der Waals surface area contributed by atoms with E-state index in [1.165, 1.54) is 30.3 Å². The molecule has 1 unspecified atom stereocenters. The van der Waals surface area contributed by atoms with Crippen molar-refractivity contribution in [1.82, 2.24) is 9.62 Å². The highest BCUT2D eigenvalue weighted by atomic mass is 32.2. The van der Waals surface area contributed by atoms with Gasteiger partial charge in [0.1, 0.15) is 4.90 Å². The van der Waals surface area contributed by atoms with Crippen LogP contribution in [-0.2, 0) is 19.9 Å². The zero-order chi connectivity index (χ0) is 22.4. The second-order valence-electron chi connectivity index (χ2n) is 7.45. The number of benzene rings is 2. The fraction of sp³-hybridized carbons (Fsp3) is 0.300. The molecule has 1 N–H and O–H groups in total. The summed E-state index contributed by atoms with van der Waals surface area (Å²) < 4.78 is 49.3. The van der Waals surface area contributed by atoms with Crippen LogP contribution in [0.1, 0.15) is 53.1 Å². The van der Waals surface area contributed by atoms with Crippen LogP contribution in [0.2, 0.25) is 0 Å². The molecule has 0 radical (unpaired) electrons. The summed E-state index contributed by atoms with van der Waals surface area (Å²) in [6.45, 7) is 4.93. The van der Waals surface area contributed by atoms with Crippen LogP contribution in [0.4, 0.5) is 0 Å². The van der Waals surface area contributed by atoms with Crippen molar-refractivity contribution in [2.75, 3.05) is 6.26 Å². The first-order valence-corrected chi connectivity index (χ1v) is 12.5. The van der Waals surface area contributed by atoms with Crippen LogP contribution < -0.4 is 5.32 Å². The molecular weight excluding hydrogens is 428 g/mol. The number of rotatable bonds is 5. The SMILES string of the molecule is CC(NC(=O)c1ccc2c(c1)S(=O)(=O)N(C(C)C)C2=O)c1ccc(S(C)(=O)=O)cc1. The molecule has 2 amide bonds. The van der Waals surface area contributed by atoms with E-state index in [2.05, 4.69) is 5.32 Å². The average molecular weight is 451 g/mol. The summed E-state index contributed by atoms with van der Waals surface area (Å²) >= 11 is 0. The van der Waals surface area contributed by atoms with Gasteiger partial charge in [-0.05, 0) is 56.7 Å². The molecule has 2 aromatic rings. The van der Waals surface area contributed by atoms with Crippen LogP contribution in [0.15, 0.2) is 52.3 Å². The highest BCUT2D eigenvalue weighted by Gasteiger charge is 2.42. The molecule has 1 aliphatic rings. The topological polar surface area (TPSA) is 118 Å². The number of sulfonamides is 1. The van der Waals surface area contributed by atoms with Crippen molar-refractivity contribution >= 4 is 31.7 Å². The van der Waals surface area contributed by atoms with Crippen molar-refractivity contribution in [2.24, 2.45) is 0 Å². The third-order valence-electron chi connectivity index (χ3n) is 4.84. The number of nitrogens with zero attached hydrogens (tertiary/aromatic N) is 1. The van der Waals surface area contributed by atoms with E-state index in [1.807, 2.05) is 0 Å². The first-order chi connectivity index (χ1) is 13.8. The Balaban J connectivity index is 1.84. The third-order valence-corrected chi connectivity index (χ3v) is 7.96. The predicted octanol–water partition coefficient (Wildman–Crippen LogP) is 2.13. The monoisotopic (exact) mass is 450 g/mol. The maximum absolute atomic E-state index is 12.7. The van der Waals surface area contributed by atoms with Crippen LogP contribution in [0.3, 0.4) is 0 Å². The lowest BCUT2D eigenvalue weighted by atomic mass is 10.1. The molecule has 0 aromatic heterocycles. The number of nitrogens with one attached hydrogen (secondary N) is 1. The number of hydrogen-bond acceptors (Lipinski definition) is 6. The van der Waals surface area contributed by atoms with Crippen molar-refractivity contribution in [3.05, 3.63) is 59.2 Å². The Labute approximate surface area is 175 Å². The largest absolute Gasteiger partial charge is 0.346 e. The summed E-state index contributed by atoms with van der Waals surface area (Å²) in [7, 11) is -7.32. The van der Waals surface area contributed by atoms with Crippen LogP contribution in [-0.4, -0.2) is 45.3 Å². The maximum Gasteiger partial charge on any atom is 0.269 e. The van der Waals surface area contributed by atoms with Gasteiger partial charge in [0, 0.05) is 17.9 Å². The number of fused-ring (bicyclic) bond motifs is 1. The van der Waals surface area contributed by atoms with Gasteiger partial charge in [-0.15, -0.1) is 0 Å². The normalized spacial score (nSPS) is 16.4. The summed E-state index contributed by atoms with van der Waals surface area (Å²) in [4.78, 5) is 25.1. The van der Waals surface area contributed by atoms with E-state index >= 15 is 0 Å². The smallest absolute Gasteiger partial charge is 0.269 e. The Morgan fingerprint density at radius 3 is 2.17 bits per heavy atom. The minimum absolute atomic E-state index is 0.0460. The maximum atomic E-state index is 12.7. The Morgan fingerprint density at radius 2 is 1.63 bits per heavy atom. The Kier molecular flexibility index (Phi) is 5.50. The van der Waals surface area contributed by atoms with Crippen molar-refractivity contribution in [1.29, 1.82) is 0 Å². The van der Waals surface area contributed by atoms with Crippen molar-refractivity contribution in [3.63, 3.8) is 0 Å². The summed E-state index contributed by atoms with van der Waals surface area (Å²) in [6.07, 6.45) is 1.11. The van der Waals surface area contributed by atoms with E-state index in [4.69, 9.17) is 0 Å². The molecule has 0 spiro atoms. The lowest BCUT2D eigenvalue weighted by Crippen LogP contribution is -2.36. The minimum atomic E-state index is -4.00. The molecule has 0 aliphatic carbocycles. The molecule has 8 nitrogen and oxygen atoms in total. The standard InChI is InChI=1S/C20H22N2O6S2/c1-12(2)22-20(24)17-10-7-15(11-18(17)30(22,27)28)19(23)21-13(3)14-5-8-16(9-6-14)29(4,25)26/h5-13H,1-4H3,(H,21,23). The number of carbonyl (C=O) groups excluding carboxylic acids is 2. The summed E-state index contributed by atoms with van der Waals surface area (Å²) in [5.41, 5.74) is 0.839. The Hall–Kier alpha value is -2.72. The Morgan fingerprint density at radius 1 is 1.03 bits per heavy atom. The zero-order valence-corrected chi connectivity index (χ0v) is 18.5. The van der Waals surface area contributed by atoms with Crippen LogP contribution in [0.5, 0.6) is 0 Å². The first kappa shape index (κ1) is 22.0. The highest BCUT2D eigenvalue weighted by molar-refractivity contribution is 7.90. The fourth-order valence-electron chi connectivity index (χ4n) is 3.27. The number of carbonyl (C=O) groups is 2. The van der Waals surface area contributed by atoms with Gasteiger partial charge < -0.3 is 5.32 Å². The van der Waals surface area contributed by atoms with Crippen LogP contribution >= 0.6 is 0 Å². The molecule has 0 saturated carbocycles. The van der Waals surface area contributed by atoms with Gasteiger partial charge >= 0.3 is 0 Å². The quantitative estimate of drug-likeness (QED) is 0.746. The van der Waals surface area contributed by atoms with Gasteiger partial charge in [-0.2, -0.15) is 0 Å².